The molecule has 1 amide bonds. The number of ether oxygens (including phenoxy) is 1. The van der Waals surface area contributed by atoms with Gasteiger partial charge in [0.15, 0.2) is 0 Å². The fourth-order valence-electron chi connectivity index (χ4n) is 2.43. The van der Waals surface area contributed by atoms with E-state index < -0.39 is 28.6 Å². The number of amides is 1. The van der Waals surface area contributed by atoms with Crippen LogP contribution < -0.4 is 4.74 Å². The molecule has 2 rings (SSSR count). The van der Waals surface area contributed by atoms with Crippen molar-refractivity contribution in [1.29, 1.82) is 0 Å². The SMILES string of the molecule is C[C@@]1(C(=O)O)C[C@H](Oc2ccc([N+](=O)[O-])cc2)CN1C(=O)O. The number of rotatable bonds is 4. The number of hydrogen-bond acceptors (Lipinski definition) is 5. The van der Waals surface area contributed by atoms with Gasteiger partial charge in [0.1, 0.15) is 17.4 Å². The van der Waals surface area contributed by atoms with Gasteiger partial charge in [-0.1, -0.05) is 0 Å². The first-order valence-electron chi connectivity index (χ1n) is 6.39. The molecule has 1 aliphatic rings. The van der Waals surface area contributed by atoms with E-state index in [1.807, 2.05) is 0 Å². The number of carboxylic acids is 1. The van der Waals surface area contributed by atoms with E-state index in [9.17, 15) is 24.8 Å². The van der Waals surface area contributed by atoms with Crippen molar-refractivity contribution in [2.45, 2.75) is 25.0 Å². The Hall–Kier alpha value is -2.84. The molecule has 1 aliphatic heterocycles. The van der Waals surface area contributed by atoms with Crippen LogP contribution in [0.15, 0.2) is 24.3 Å². The normalized spacial score (nSPS) is 24.0. The molecule has 2 N–H and O–H groups in total. The highest BCUT2D eigenvalue weighted by Gasteiger charge is 2.51. The van der Waals surface area contributed by atoms with Gasteiger partial charge < -0.3 is 14.9 Å². The van der Waals surface area contributed by atoms with E-state index in [1.165, 1.54) is 31.2 Å². The van der Waals surface area contributed by atoms with Crippen molar-refractivity contribution in [2.24, 2.45) is 0 Å². The maximum atomic E-state index is 11.3. The molecule has 0 aromatic heterocycles. The molecule has 118 valence electrons. The van der Waals surface area contributed by atoms with Gasteiger partial charge in [0.05, 0.1) is 11.5 Å². The molecule has 22 heavy (non-hydrogen) atoms. The maximum Gasteiger partial charge on any atom is 0.408 e. The van der Waals surface area contributed by atoms with E-state index in [1.54, 1.807) is 0 Å². The number of nitro groups is 1. The summed E-state index contributed by atoms with van der Waals surface area (Å²) in [6, 6.07) is 5.30. The second kappa shape index (κ2) is 5.51. The van der Waals surface area contributed by atoms with Gasteiger partial charge in [-0.3, -0.25) is 15.0 Å². The fourth-order valence-corrected chi connectivity index (χ4v) is 2.43. The number of nitrogens with zero attached hydrogens (tertiary/aromatic N) is 2. The molecule has 0 spiro atoms. The lowest BCUT2D eigenvalue weighted by Gasteiger charge is -2.27. The van der Waals surface area contributed by atoms with Crippen LogP contribution in [-0.2, 0) is 4.79 Å². The van der Waals surface area contributed by atoms with Crippen molar-refractivity contribution in [3.05, 3.63) is 34.4 Å². The summed E-state index contributed by atoms with van der Waals surface area (Å²) in [5.41, 5.74) is -1.65. The van der Waals surface area contributed by atoms with E-state index in [4.69, 9.17) is 9.84 Å². The summed E-state index contributed by atoms with van der Waals surface area (Å²) < 4.78 is 5.55. The average molecular weight is 310 g/mol. The zero-order valence-electron chi connectivity index (χ0n) is 11.6. The topological polar surface area (TPSA) is 130 Å². The number of carboxylic acid groups (broad SMARTS) is 2. The molecule has 2 atom stereocenters. The summed E-state index contributed by atoms with van der Waals surface area (Å²) in [6.07, 6.45) is -1.98. The number of likely N-dealkylation sites (tertiary alicyclic amines) is 1. The van der Waals surface area contributed by atoms with Crippen LogP contribution in [0.4, 0.5) is 10.5 Å². The molecule has 0 aliphatic carbocycles. The lowest BCUT2D eigenvalue weighted by Crippen LogP contribution is -2.50. The third-order valence-corrected chi connectivity index (χ3v) is 3.65. The Labute approximate surface area is 124 Å². The van der Waals surface area contributed by atoms with Crippen molar-refractivity contribution in [1.82, 2.24) is 4.90 Å². The Morgan fingerprint density at radius 3 is 2.36 bits per heavy atom. The first-order valence-corrected chi connectivity index (χ1v) is 6.39. The zero-order valence-corrected chi connectivity index (χ0v) is 11.6. The molecule has 0 bridgehead atoms. The Bertz CT molecular complexity index is 615. The van der Waals surface area contributed by atoms with Crippen molar-refractivity contribution >= 4 is 17.7 Å². The molecule has 1 saturated heterocycles. The highest BCUT2D eigenvalue weighted by Crippen LogP contribution is 2.32. The number of aliphatic carboxylic acids is 1. The van der Waals surface area contributed by atoms with Gasteiger partial charge in [-0.05, 0) is 19.1 Å². The fraction of sp³-hybridized carbons (Fsp3) is 0.385. The van der Waals surface area contributed by atoms with Crippen molar-refractivity contribution < 1.29 is 29.5 Å². The van der Waals surface area contributed by atoms with E-state index >= 15 is 0 Å². The lowest BCUT2D eigenvalue weighted by molar-refractivity contribution is -0.384. The third kappa shape index (κ3) is 2.78. The summed E-state index contributed by atoms with van der Waals surface area (Å²) in [5.74, 6) is -0.930. The summed E-state index contributed by atoms with van der Waals surface area (Å²) in [6.45, 7) is 1.23. The standard InChI is InChI=1S/C13H14N2O7/c1-13(11(16)17)6-10(7-14(13)12(18)19)22-9-4-2-8(3-5-9)15(20)21/h2-5,10H,6-7H2,1H3,(H,16,17)(H,18,19)/t10-,13-/m0/s1. The summed E-state index contributed by atoms with van der Waals surface area (Å²) in [4.78, 5) is 33.3. The first kappa shape index (κ1) is 15.5. The second-order valence-corrected chi connectivity index (χ2v) is 5.17. The minimum absolute atomic E-state index is 0.00831. The minimum Gasteiger partial charge on any atom is -0.488 e. The smallest absolute Gasteiger partial charge is 0.408 e. The monoisotopic (exact) mass is 310 g/mol. The molecule has 0 unspecified atom stereocenters. The van der Waals surface area contributed by atoms with Crippen LogP contribution >= 0.6 is 0 Å². The first-order chi connectivity index (χ1) is 10.2. The zero-order chi connectivity index (χ0) is 16.5. The molecular formula is C13H14N2O7. The van der Waals surface area contributed by atoms with Crippen LogP contribution in [0.2, 0.25) is 0 Å². The highest BCUT2D eigenvalue weighted by molar-refractivity contribution is 5.84. The molecule has 0 saturated carbocycles. The summed E-state index contributed by atoms with van der Waals surface area (Å²) >= 11 is 0. The lowest BCUT2D eigenvalue weighted by atomic mass is 9.99. The number of non-ortho nitro benzene ring substituents is 1. The predicted octanol–water partition coefficient (Wildman–Crippen LogP) is 1.57. The Morgan fingerprint density at radius 1 is 1.36 bits per heavy atom. The predicted molar refractivity (Wildman–Crippen MR) is 72.9 cm³/mol. The Kier molecular flexibility index (Phi) is 3.89. The largest absolute Gasteiger partial charge is 0.488 e. The molecule has 1 aromatic rings. The van der Waals surface area contributed by atoms with Gasteiger partial charge >= 0.3 is 12.1 Å². The van der Waals surface area contributed by atoms with Gasteiger partial charge in [0, 0.05) is 18.6 Å². The average Bonchev–Trinajstić information content (AvgIpc) is 2.78. The van der Waals surface area contributed by atoms with Crippen LogP contribution in [0.1, 0.15) is 13.3 Å². The van der Waals surface area contributed by atoms with E-state index in [-0.39, 0.29) is 18.7 Å². The van der Waals surface area contributed by atoms with Gasteiger partial charge in [-0.2, -0.15) is 0 Å². The molecule has 9 heteroatoms. The number of carbonyl (C=O) groups is 2. The Balaban J connectivity index is 2.13. The summed E-state index contributed by atoms with van der Waals surface area (Å²) in [5, 5.41) is 28.9. The third-order valence-electron chi connectivity index (χ3n) is 3.65. The van der Waals surface area contributed by atoms with E-state index in [0.29, 0.717) is 5.75 Å². The Morgan fingerprint density at radius 2 is 1.95 bits per heavy atom. The summed E-state index contributed by atoms with van der Waals surface area (Å²) in [7, 11) is 0. The molecular weight excluding hydrogens is 296 g/mol. The van der Waals surface area contributed by atoms with Gasteiger partial charge in [-0.15, -0.1) is 0 Å². The molecule has 9 nitrogen and oxygen atoms in total. The van der Waals surface area contributed by atoms with Crippen molar-refractivity contribution in [2.75, 3.05) is 6.54 Å². The van der Waals surface area contributed by atoms with Crippen LogP contribution in [0.25, 0.3) is 0 Å². The maximum absolute atomic E-state index is 11.3. The van der Waals surface area contributed by atoms with Crippen LogP contribution in [0.5, 0.6) is 5.75 Å². The van der Waals surface area contributed by atoms with Crippen LogP contribution in [-0.4, -0.2) is 50.3 Å². The number of hydrogen-bond donors (Lipinski definition) is 2. The van der Waals surface area contributed by atoms with E-state index in [0.717, 1.165) is 4.90 Å². The van der Waals surface area contributed by atoms with Gasteiger partial charge in [0.2, 0.25) is 0 Å². The quantitative estimate of drug-likeness (QED) is 0.637. The molecule has 0 radical (unpaired) electrons. The van der Waals surface area contributed by atoms with Crippen LogP contribution in [0.3, 0.4) is 0 Å². The van der Waals surface area contributed by atoms with E-state index in [2.05, 4.69) is 0 Å². The minimum atomic E-state index is -1.56. The second-order valence-electron chi connectivity index (χ2n) is 5.17. The highest BCUT2D eigenvalue weighted by atomic mass is 16.6. The number of nitro benzene ring substituents is 1. The molecule has 1 heterocycles. The number of benzene rings is 1. The van der Waals surface area contributed by atoms with Crippen LogP contribution in [0, 0.1) is 10.1 Å². The molecule has 1 aromatic carbocycles. The van der Waals surface area contributed by atoms with Crippen molar-refractivity contribution in [3.8, 4) is 5.75 Å². The van der Waals surface area contributed by atoms with Gasteiger partial charge in [0.25, 0.3) is 5.69 Å². The van der Waals surface area contributed by atoms with Gasteiger partial charge in [-0.25, -0.2) is 9.59 Å². The van der Waals surface area contributed by atoms with Crippen molar-refractivity contribution in [3.63, 3.8) is 0 Å². The molecule has 1 fully saturated rings.